The minimum Gasteiger partial charge on any atom is -0.497 e. The van der Waals surface area contributed by atoms with Crippen LogP contribution in [0.25, 0.3) is 11.1 Å². The number of methoxy groups -OCH3 is 1. The molecule has 134 valence electrons. The summed E-state index contributed by atoms with van der Waals surface area (Å²) in [6.07, 6.45) is 0. The lowest BCUT2D eigenvalue weighted by Gasteiger charge is -2.31. The molecule has 25 heavy (non-hydrogen) atoms. The van der Waals surface area contributed by atoms with Crippen molar-refractivity contribution in [2.75, 3.05) is 20.2 Å². The molecule has 0 spiro atoms. The van der Waals surface area contributed by atoms with Crippen LogP contribution in [0.3, 0.4) is 0 Å². The van der Waals surface area contributed by atoms with Gasteiger partial charge in [-0.1, -0.05) is 43.3 Å². The van der Waals surface area contributed by atoms with Gasteiger partial charge in [-0.15, -0.1) is 12.4 Å². The molecule has 1 aliphatic rings. The summed E-state index contributed by atoms with van der Waals surface area (Å²) >= 11 is 0. The zero-order chi connectivity index (χ0) is 16.9. The molecule has 5 heteroatoms. The van der Waals surface area contributed by atoms with Crippen LogP contribution < -0.4 is 15.4 Å². The molecule has 2 aromatic carbocycles. The van der Waals surface area contributed by atoms with Crippen LogP contribution in [0.2, 0.25) is 0 Å². The van der Waals surface area contributed by atoms with Crippen molar-refractivity contribution in [3.8, 4) is 16.9 Å². The van der Waals surface area contributed by atoms with Crippen LogP contribution in [-0.2, 0) is 11.3 Å². The molecule has 1 aliphatic heterocycles. The number of carbonyl (C=O) groups is 1. The zero-order valence-electron chi connectivity index (χ0n) is 14.6. The van der Waals surface area contributed by atoms with Crippen molar-refractivity contribution in [3.63, 3.8) is 0 Å². The molecule has 4 nitrogen and oxygen atoms in total. The van der Waals surface area contributed by atoms with Gasteiger partial charge in [0.2, 0.25) is 5.91 Å². The second-order valence-corrected chi connectivity index (χ2v) is 6.35. The van der Waals surface area contributed by atoms with Gasteiger partial charge in [-0.05, 0) is 47.8 Å². The average Bonchev–Trinajstić information content (AvgIpc) is 2.58. The van der Waals surface area contributed by atoms with Gasteiger partial charge in [0.15, 0.2) is 0 Å². The van der Waals surface area contributed by atoms with Crippen molar-refractivity contribution in [1.29, 1.82) is 0 Å². The molecule has 0 bridgehead atoms. The third-order valence-corrected chi connectivity index (χ3v) is 4.78. The average molecular weight is 361 g/mol. The van der Waals surface area contributed by atoms with Crippen LogP contribution in [0.15, 0.2) is 48.5 Å². The molecule has 0 saturated carbocycles. The molecule has 3 rings (SSSR count). The topological polar surface area (TPSA) is 50.4 Å². The summed E-state index contributed by atoms with van der Waals surface area (Å²) in [5.41, 5.74) is 3.42. The summed E-state index contributed by atoms with van der Waals surface area (Å²) in [5, 5.41) is 6.25. The standard InChI is InChI=1S/C20H24N2O2.ClH/c1-14(18-12-21-13-18)20(23)22-11-15-3-5-16(6-4-15)17-7-9-19(24-2)10-8-17;/h3-10,14,18,21H,11-13H2,1-2H3,(H,22,23);1H. The maximum absolute atomic E-state index is 12.1. The van der Waals surface area contributed by atoms with Gasteiger partial charge in [-0.2, -0.15) is 0 Å². The van der Waals surface area contributed by atoms with Crippen LogP contribution in [0.5, 0.6) is 5.75 Å². The molecule has 1 saturated heterocycles. The van der Waals surface area contributed by atoms with Crippen molar-refractivity contribution in [1.82, 2.24) is 10.6 Å². The Morgan fingerprint density at radius 3 is 2.16 bits per heavy atom. The van der Waals surface area contributed by atoms with Gasteiger partial charge >= 0.3 is 0 Å². The minimum absolute atomic E-state index is 0. The fourth-order valence-corrected chi connectivity index (χ4v) is 2.83. The SMILES string of the molecule is COc1ccc(-c2ccc(CNC(=O)C(C)C3CNC3)cc2)cc1.Cl. The highest BCUT2D eigenvalue weighted by atomic mass is 35.5. The van der Waals surface area contributed by atoms with Crippen LogP contribution in [0.4, 0.5) is 0 Å². The van der Waals surface area contributed by atoms with E-state index in [1.165, 1.54) is 0 Å². The lowest BCUT2D eigenvalue weighted by Crippen LogP contribution is -2.49. The number of ether oxygens (including phenoxy) is 1. The first-order chi connectivity index (χ1) is 11.7. The second-order valence-electron chi connectivity index (χ2n) is 6.35. The molecule has 2 aromatic rings. The van der Waals surface area contributed by atoms with E-state index in [9.17, 15) is 4.79 Å². The molecule has 1 heterocycles. The van der Waals surface area contributed by atoms with E-state index in [0.717, 1.165) is 35.5 Å². The number of hydrogen-bond acceptors (Lipinski definition) is 3. The zero-order valence-corrected chi connectivity index (χ0v) is 15.4. The monoisotopic (exact) mass is 360 g/mol. The molecular formula is C20H25ClN2O2. The molecule has 1 unspecified atom stereocenters. The molecule has 0 aromatic heterocycles. The summed E-state index contributed by atoms with van der Waals surface area (Å²) in [5.74, 6) is 1.54. The van der Waals surface area contributed by atoms with E-state index in [-0.39, 0.29) is 24.2 Å². The summed E-state index contributed by atoms with van der Waals surface area (Å²) in [6, 6.07) is 16.3. The number of rotatable bonds is 6. The van der Waals surface area contributed by atoms with Gasteiger partial charge in [0.25, 0.3) is 0 Å². The Kier molecular flexibility index (Phi) is 6.85. The van der Waals surface area contributed by atoms with Crippen molar-refractivity contribution >= 4 is 18.3 Å². The van der Waals surface area contributed by atoms with Crippen molar-refractivity contribution in [3.05, 3.63) is 54.1 Å². The fraction of sp³-hybridized carbons (Fsp3) is 0.350. The van der Waals surface area contributed by atoms with E-state index in [1.54, 1.807) is 7.11 Å². The molecular weight excluding hydrogens is 336 g/mol. The Morgan fingerprint density at radius 1 is 1.12 bits per heavy atom. The van der Waals surface area contributed by atoms with Crippen LogP contribution in [-0.4, -0.2) is 26.1 Å². The first kappa shape index (κ1) is 19.3. The van der Waals surface area contributed by atoms with Gasteiger partial charge in [0.1, 0.15) is 5.75 Å². The largest absolute Gasteiger partial charge is 0.497 e. The minimum atomic E-state index is 0. The van der Waals surface area contributed by atoms with Gasteiger partial charge in [-0.25, -0.2) is 0 Å². The van der Waals surface area contributed by atoms with Gasteiger partial charge in [0, 0.05) is 12.5 Å². The number of benzene rings is 2. The third kappa shape index (κ3) is 4.74. The van der Waals surface area contributed by atoms with E-state index in [0.29, 0.717) is 12.5 Å². The summed E-state index contributed by atoms with van der Waals surface area (Å²) in [4.78, 5) is 12.1. The second kappa shape index (κ2) is 8.88. The van der Waals surface area contributed by atoms with E-state index in [1.807, 2.05) is 31.2 Å². The number of amides is 1. The van der Waals surface area contributed by atoms with E-state index in [2.05, 4.69) is 34.9 Å². The molecule has 1 fully saturated rings. The first-order valence-corrected chi connectivity index (χ1v) is 8.39. The Bertz CT molecular complexity index is 682. The number of halogens is 1. The first-order valence-electron chi connectivity index (χ1n) is 8.39. The summed E-state index contributed by atoms with van der Waals surface area (Å²) in [7, 11) is 1.67. The fourth-order valence-electron chi connectivity index (χ4n) is 2.83. The van der Waals surface area contributed by atoms with E-state index < -0.39 is 0 Å². The van der Waals surface area contributed by atoms with Crippen LogP contribution in [0.1, 0.15) is 12.5 Å². The third-order valence-electron chi connectivity index (χ3n) is 4.78. The highest BCUT2D eigenvalue weighted by Gasteiger charge is 2.28. The normalized spacial score (nSPS) is 14.8. The van der Waals surface area contributed by atoms with E-state index in [4.69, 9.17) is 4.74 Å². The van der Waals surface area contributed by atoms with Crippen molar-refractivity contribution in [2.45, 2.75) is 13.5 Å². The highest BCUT2D eigenvalue weighted by molar-refractivity contribution is 5.85. The Balaban J connectivity index is 0.00000225. The maximum Gasteiger partial charge on any atom is 0.223 e. The smallest absolute Gasteiger partial charge is 0.223 e. The number of hydrogen-bond donors (Lipinski definition) is 2. The van der Waals surface area contributed by atoms with Crippen LogP contribution >= 0.6 is 12.4 Å². The van der Waals surface area contributed by atoms with Crippen molar-refractivity contribution in [2.24, 2.45) is 11.8 Å². The molecule has 0 radical (unpaired) electrons. The predicted molar refractivity (Wildman–Crippen MR) is 103 cm³/mol. The molecule has 1 atom stereocenters. The Morgan fingerprint density at radius 2 is 1.68 bits per heavy atom. The number of nitrogens with one attached hydrogen (secondary N) is 2. The summed E-state index contributed by atoms with van der Waals surface area (Å²) in [6.45, 7) is 4.48. The van der Waals surface area contributed by atoms with Crippen LogP contribution in [0, 0.1) is 11.8 Å². The quantitative estimate of drug-likeness (QED) is 0.831. The lowest BCUT2D eigenvalue weighted by molar-refractivity contribution is -0.126. The van der Waals surface area contributed by atoms with Gasteiger partial charge in [-0.3, -0.25) is 4.79 Å². The van der Waals surface area contributed by atoms with Gasteiger partial charge < -0.3 is 15.4 Å². The Hall–Kier alpha value is -2.04. The lowest BCUT2D eigenvalue weighted by atomic mass is 9.88. The summed E-state index contributed by atoms with van der Waals surface area (Å²) < 4.78 is 5.18. The highest BCUT2D eigenvalue weighted by Crippen LogP contribution is 2.23. The molecule has 2 N–H and O–H groups in total. The number of carbonyl (C=O) groups excluding carboxylic acids is 1. The van der Waals surface area contributed by atoms with Gasteiger partial charge in [0.05, 0.1) is 7.11 Å². The van der Waals surface area contributed by atoms with E-state index >= 15 is 0 Å². The molecule has 1 amide bonds. The predicted octanol–water partition coefficient (Wildman–Crippen LogP) is 3.26. The molecule has 0 aliphatic carbocycles. The van der Waals surface area contributed by atoms with Crippen molar-refractivity contribution < 1.29 is 9.53 Å². The Labute approximate surface area is 155 Å². The maximum atomic E-state index is 12.1.